The predicted octanol–water partition coefficient (Wildman–Crippen LogP) is 16.7. The van der Waals surface area contributed by atoms with Crippen molar-refractivity contribution in [3.05, 3.63) is 206 Å². The third kappa shape index (κ3) is 5.95. The zero-order chi connectivity index (χ0) is 40.3. The standard InChI is InChI=1S/C58H44N2O/c1-3-17-39(18-4-1)45-28-14-19-40-20-15-30-49(57(40)45)47-25-7-10-31-52(47)59(44-35-36-56-51(38-44)48-26-9-12-34-55(48)61-56)43-24-13-21-41(37-43)46-29-16-33-54-58(46)50-27-8-11-32-53(50)60(54)42-22-5-2-6-23-42/h2,5-16,19-39H,1,3-4,17-18H2. The quantitative estimate of drug-likeness (QED) is 0.161. The molecule has 3 nitrogen and oxygen atoms in total. The van der Waals surface area contributed by atoms with Crippen molar-refractivity contribution in [2.75, 3.05) is 4.90 Å². The van der Waals surface area contributed by atoms with Crippen molar-refractivity contribution >= 4 is 71.6 Å². The predicted molar refractivity (Wildman–Crippen MR) is 257 cm³/mol. The van der Waals surface area contributed by atoms with Crippen molar-refractivity contribution in [1.29, 1.82) is 0 Å². The van der Waals surface area contributed by atoms with Crippen LogP contribution in [0, 0.1) is 0 Å². The largest absolute Gasteiger partial charge is 0.456 e. The number of benzene rings is 9. The first-order valence-electron chi connectivity index (χ1n) is 21.8. The number of anilines is 3. The molecule has 0 saturated heterocycles. The average molecular weight is 785 g/mol. The number of aromatic nitrogens is 1. The van der Waals surface area contributed by atoms with E-state index in [1.54, 1.807) is 0 Å². The Kier molecular flexibility index (Phi) is 8.59. The van der Waals surface area contributed by atoms with Crippen LogP contribution in [-0.4, -0.2) is 4.57 Å². The maximum absolute atomic E-state index is 6.38. The van der Waals surface area contributed by atoms with Crippen molar-refractivity contribution in [2.45, 2.75) is 38.0 Å². The summed E-state index contributed by atoms with van der Waals surface area (Å²) < 4.78 is 8.78. The van der Waals surface area contributed by atoms with Gasteiger partial charge in [0.15, 0.2) is 0 Å². The molecule has 1 saturated carbocycles. The van der Waals surface area contributed by atoms with Gasteiger partial charge in [-0.1, -0.05) is 153 Å². The van der Waals surface area contributed by atoms with Gasteiger partial charge in [0.05, 0.1) is 16.7 Å². The number of para-hydroxylation sites is 4. The van der Waals surface area contributed by atoms with E-state index >= 15 is 0 Å². The summed E-state index contributed by atoms with van der Waals surface area (Å²) >= 11 is 0. The van der Waals surface area contributed by atoms with Gasteiger partial charge in [0.2, 0.25) is 0 Å². The average Bonchev–Trinajstić information content (AvgIpc) is 3.88. The third-order valence-electron chi connectivity index (χ3n) is 13.2. The van der Waals surface area contributed by atoms with Crippen LogP contribution in [0.2, 0.25) is 0 Å². The van der Waals surface area contributed by atoms with Crippen molar-refractivity contribution in [3.8, 4) is 27.9 Å². The number of furan rings is 1. The summed E-state index contributed by atoms with van der Waals surface area (Å²) in [6.45, 7) is 0. The Bertz CT molecular complexity index is 3420. The fourth-order valence-corrected chi connectivity index (χ4v) is 10.5. The van der Waals surface area contributed by atoms with E-state index in [2.05, 4.69) is 204 Å². The summed E-state index contributed by atoms with van der Waals surface area (Å²) in [4.78, 5) is 2.47. The Balaban J connectivity index is 1.09. The molecule has 0 amide bonds. The molecule has 0 spiro atoms. The molecule has 1 aliphatic carbocycles. The molecule has 12 rings (SSSR count). The normalized spacial score (nSPS) is 13.5. The van der Waals surface area contributed by atoms with Gasteiger partial charge in [-0.15, -0.1) is 0 Å². The second-order valence-corrected chi connectivity index (χ2v) is 16.7. The lowest BCUT2D eigenvalue weighted by Gasteiger charge is -2.29. The summed E-state index contributed by atoms with van der Waals surface area (Å²) in [5.41, 5.74) is 15.0. The van der Waals surface area contributed by atoms with Crippen molar-refractivity contribution < 1.29 is 4.42 Å². The SMILES string of the molecule is c1ccc(-n2c3ccccc3c3c(-c4cccc(N(c5ccc6oc7ccccc7c6c5)c5ccccc5-c5cccc6cccc(C7CCCCC7)c56)c4)cccc32)cc1. The fraction of sp³-hybridized carbons (Fsp3) is 0.103. The van der Waals surface area contributed by atoms with Gasteiger partial charge in [-0.3, -0.25) is 0 Å². The summed E-state index contributed by atoms with van der Waals surface area (Å²) in [6, 6.07) is 73.3. The van der Waals surface area contributed by atoms with Crippen molar-refractivity contribution in [3.63, 3.8) is 0 Å². The molecule has 292 valence electrons. The highest BCUT2D eigenvalue weighted by atomic mass is 16.3. The van der Waals surface area contributed by atoms with Gasteiger partial charge >= 0.3 is 0 Å². The first-order valence-corrected chi connectivity index (χ1v) is 21.8. The molecule has 0 aliphatic heterocycles. The highest BCUT2D eigenvalue weighted by Crippen LogP contribution is 2.48. The van der Waals surface area contributed by atoms with Gasteiger partial charge in [0.25, 0.3) is 0 Å². The maximum atomic E-state index is 6.38. The van der Waals surface area contributed by atoms with E-state index in [1.165, 1.54) is 92.5 Å². The van der Waals surface area contributed by atoms with Crippen molar-refractivity contribution in [1.82, 2.24) is 4.57 Å². The van der Waals surface area contributed by atoms with Gasteiger partial charge < -0.3 is 13.9 Å². The minimum Gasteiger partial charge on any atom is -0.456 e. The van der Waals surface area contributed by atoms with E-state index in [9.17, 15) is 0 Å². The van der Waals surface area contributed by atoms with E-state index < -0.39 is 0 Å². The van der Waals surface area contributed by atoms with Crippen LogP contribution in [0.25, 0.3) is 82.5 Å². The molecular formula is C58H44N2O. The smallest absolute Gasteiger partial charge is 0.135 e. The minimum atomic E-state index is 0.575. The number of hydrogen-bond acceptors (Lipinski definition) is 2. The van der Waals surface area contributed by atoms with Crippen LogP contribution in [0.1, 0.15) is 43.6 Å². The van der Waals surface area contributed by atoms with Crippen LogP contribution in [0.5, 0.6) is 0 Å². The summed E-state index contributed by atoms with van der Waals surface area (Å²) in [5, 5.41) is 7.41. The molecule has 0 bridgehead atoms. The molecule has 2 heterocycles. The lowest BCUT2D eigenvalue weighted by atomic mass is 9.80. The third-order valence-corrected chi connectivity index (χ3v) is 13.2. The van der Waals surface area contributed by atoms with Crippen LogP contribution in [0.4, 0.5) is 17.1 Å². The topological polar surface area (TPSA) is 21.3 Å². The molecule has 2 aromatic heterocycles. The molecule has 0 unspecified atom stereocenters. The highest BCUT2D eigenvalue weighted by molar-refractivity contribution is 6.16. The lowest BCUT2D eigenvalue weighted by Crippen LogP contribution is -2.11. The van der Waals surface area contributed by atoms with Crippen LogP contribution >= 0.6 is 0 Å². The Morgan fingerprint density at radius 2 is 1.11 bits per heavy atom. The van der Waals surface area contributed by atoms with Crippen LogP contribution in [-0.2, 0) is 0 Å². The molecule has 11 aromatic rings. The highest BCUT2D eigenvalue weighted by Gasteiger charge is 2.24. The van der Waals surface area contributed by atoms with E-state index in [0.717, 1.165) is 44.7 Å². The van der Waals surface area contributed by atoms with Crippen LogP contribution in [0.15, 0.2) is 205 Å². The molecule has 61 heavy (non-hydrogen) atoms. The lowest BCUT2D eigenvalue weighted by molar-refractivity contribution is 0.445. The zero-order valence-corrected chi connectivity index (χ0v) is 34.0. The maximum Gasteiger partial charge on any atom is 0.135 e. The summed E-state index contributed by atoms with van der Waals surface area (Å²) in [7, 11) is 0. The molecule has 1 aliphatic rings. The van der Waals surface area contributed by atoms with Crippen LogP contribution in [0.3, 0.4) is 0 Å². The summed E-state index contributed by atoms with van der Waals surface area (Å²) in [5.74, 6) is 0.575. The van der Waals surface area contributed by atoms with E-state index in [-0.39, 0.29) is 0 Å². The summed E-state index contributed by atoms with van der Waals surface area (Å²) in [6.07, 6.45) is 6.45. The van der Waals surface area contributed by atoms with Crippen molar-refractivity contribution in [2.24, 2.45) is 0 Å². The Morgan fingerprint density at radius 1 is 0.443 bits per heavy atom. The van der Waals surface area contributed by atoms with Gasteiger partial charge in [0.1, 0.15) is 11.2 Å². The first-order chi connectivity index (χ1) is 30.3. The number of nitrogens with zero attached hydrogens (tertiary/aromatic N) is 2. The second-order valence-electron chi connectivity index (χ2n) is 16.7. The number of fused-ring (bicyclic) bond motifs is 7. The Labute approximate surface area is 355 Å². The van der Waals surface area contributed by atoms with Gasteiger partial charge in [-0.05, 0) is 119 Å². The molecule has 9 aromatic carbocycles. The first kappa shape index (κ1) is 35.6. The van der Waals surface area contributed by atoms with E-state index in [1.807, 2.05) is 6.07 Å². The Hall–Kier alpha value is -7.36. The van der Waals surface area contributed by atoms with Crippen LogP contribution < -0.4 is 4.90 Å². The zero-order valence-electron chi connectivity index (χ0n) is 34.0. The minimum absolute atomic E-state index is 0.575. The number of rotatable bonds is 7. The van der Waals surface area contributed by atoms with Gasteiger partial charge in [-0.2, -0.15) is 0 Å². The molecule has 0 atom stereocenters. The van der Waals surface area contributed by atoms with E-state index in [0.29, 0.717) is 5.92 Å². The monoisotopic (exact) mass is 784 g/mol. The van der Waals surface area contributed by atoms with Gasteiger partial charge in [-0.25, -0.2) is 0 Å². The molecular weight excluding hydrogens is 741 g/mol. The molecule has 0 N–H and O–H groups in total. The molecule has 1 fully saturated rings. The fourth-order valence-electron chi connectivity index (χ4n) is 10.5. The van der Waals surface area contributed by atoms with Gasteiger partial charge in [0, 0.05) is 44.2 Å². The van der Waals surface area contributed by atoms with E-state index in [4.69, 9.17) is 4.42 Å². The Morgan fingerprint density at radius 3 is 2.02 bits per heavy atom. The molecule has 3 heteroatoms. The second kappa shape index (κ2) is 14.7. The number of hydrogen-bond donors (Lipinski definition) is 0. The molecule has 0 radical (unpaired) electrons.